The lowest BCUT2D eigenvalue weighted by Gasteiger charge is -2.35. The molecule has 5 nitrogen and oxygen atoms in total. The number of carbonyl (C=O) groups is 2. The molecule has 18 heavy (non-hydrogen) atoms. The molecule has 1 aliphatic carbocycles. The first-order valence-electron chi connectivity index (χ1n) is 6.85. The number of carbonyl (C=O) groups excluding carboxylic acids is 2. The summed E-state index contributed by atoms with van der Waals surface area (Å²) in [4.78, 5) is 25.1. The molecule has 0 unspecified atom stereocenters. The molecule has 0 bridgehead atoms. The normalized spacial score (nSPS) is 28.3. The first-order chi connectivity index (χ1) is 8.69. The summed E-state index contributed by atoms with van der Waals surface area (Å²) >= 11 is 0. The number of rotatable bonds is 4. The molecule has 0 atom stereocenters. The molecule has 2 aliphatic rings. The van der Waals surface area contributed by atoms with Crippen molar-refractivity contribution < 1.29 is 14.3 Å². The summed E-state index contributed by atoms with van der Waals surface area (Å²) in [5.41, 5.74) is 0. The second kappa shape index (κ2) is 6.18. The van der Waals surface area contributed by atoms with Crippen LogP contribution in [0.15, 0.2) is 0 Å². The van der Waals surface area contributed by atoms with Gasteiger partial charge in [0.25, 0.3) is 0 Å². The van der Waals surface area contributed by atoms with Gasteiger partial charge in [-0.05, 0) is 32.1 Å². The van der Waals surface area contributed by atoms with Gasteiger partial charge in [-0.25, -0.2) is 0 Å². The average molecular weight is 254 g/mol. The van der Waals surface area contributed by atoms with Crippen LogP contribution in [0, 0.1) is 5.92 Å². The van der Waals surface area contributed by atoms with E-state index in [0.29, 0.717) is 31.5 Å². The van der Waals surface area contributed by atoms with Gasteiger partial charge in [0.05, 0.1) is 12.6 Å². The maximum atomic E-state index is 12.1. The SMILES string of the molecule is CCOC1CC(CC(=O)N2CCCNC(=O)C2)C1. The van der Waals surface area contributed by atoms with Gasteiger partial charge in [-0.3, -0.25) is 9.59 Å². The van der Waals surface area contributed by atoms with E-state index in [0.717, 1.165) is 25.9 Å². The molecular formula is C13H22N2O3. The summed E-state index contributed by atoms with van der Waals surface area (Å²) in [5.74, 6) is 0.522. The number of hydrogen-bond donors (Lipinski definition) is 1. The number of nitrogens with one attached hydrogen (secondary N) is 1. The second-order valence-electron chi connectivity index (χ2n) is 5.14. The van der Waals surface area contributed by atoms with Gasteiger partial charge in [-0.1, -0.05) is 0 Å². The van der Waals surface area contributed by atoms with Crippen LogP contribution in [0.3, 0.4) is 0 Å². The van der Waals surface area contributed by atoms with Gasteiger partial charge in [-0.2, -0.15) is 0 Å². The van der Waals surface area contributed by atoms with Crippen molar-refractivity contribution in [3.63, 3.8) is 0 Å². The van der Waals surface area contributed by atoms with Crippen LogP contribution in [0.5, 0.6) is 0 Å². The van der Waals surface area contributed by atoms with E-state index in [-0.39, 0.29) is 18.4 Å². The lowest BCUT2D eigenvalue weighted by molar-refractivity contribution is -0.137. The molecule has 102 valence electrons. The van der Waals surface area contributed by atoms with E-state index in [1.807, 2.05) is 6.92 Å². The Balaban J connectivity index is 1.73. The minimum absolute atomic E-state index is 0.0401. The molecule has 1 saturated heterocycles. The summed E-state index contributed by atoms with van der Waals surface area (Å²) in [6.07, 6.45) is 3.74. The molecule has 2 amide bonds. The number of amides is 2. The maximum Gasteiger partial charge on any atom is 0.239 e. The highest BCUT2D eigenvalue weighted by Gasteiger charge is 2.32. The van der Waals surface area contributed by atoms with Crippen LogP contribution < -0.4 is 5.32 Å². The van der Waals surface area contributed by atoms with Gasteiger partial charge in [0.1, 0.15) is 0 Å². The van der Waals surface area contributed by atoms with E-state index >= 15 is 0 Å². The molecule has 1 heterocycles. The Morgan fingerprint density at radius 3 is 3.00 bits per heavy atom. The van der Waals surface area contributed by atoms with Gasteiger partial charge in [0.2, 0.25) is 11.8 Å². The molecule has 2 fully saturated rings. The molecule has 5 heteroatoms. The van der Waals surface area contributed by atoms with E-state index in [1.54, 1.807) is 4.90 Å². The summed E-state index contributed by atoms with van der Waals surface area (Å²) in [6.45, 7) is 4.34. The maximum absolute atomic E-state index is 12.1. The first kappa shape index (κ1) is 13.3. The lowest BCUT2D eigenvalue weighted by atomic mass is 9.79. The third kappa shape index (κ3) is 3.45. The molecule has 0 radical (unpaired) electrons. The summed E-state index contributed by atoms with van der Waals surface area (Å²) < 4.78 is 5.48. The Labute approximate surface area is 108 Å². The molecule has 0 aromatic carbocycles. The Bertz CT molecular complexity index is 313. The van der Waals surface area contributed by atoms with Crippen molar-refractivity contribution in [1.82, 2.24) is 10.2 Å². The average Bonchev–Trinajstić information content (AvgIpc) is 2.51. The Morgan fingerprint density at radius 1 is 1.50 bits per heavy atom. The van der Waals surface area contributed by atoms with Crippen molar-refractivity contribution in [2.24, 2.45) is 5.92 Å². The predicted octanol–water partition coefficient (Wildman–Crippen LogP) is 0.540. The minimum atomic E-state index is -0.0401. The Morgan fingerprint density at radius 2 is 2.28 bits per heavy atom. The van der Waals surface area contributed by atoms with Gasteiger partial charge in [-0.15, -0.1) is 0 Å². The second-order valence-corrected chi connectivity index (χ2v) is 5.14. The summed E-state index contributed by atoms with van der Waals surface area (Å²) in [6, 6.07) is 0. The van der Waals surface area contributed by atoms with Gasteiger partial charge < -0.3 is 15.0 Å². The smallest absolute Gasteiger partial charge is 0.239 e. The van der Waals surface area contributed by atoms with Crippen LogP contribution in [-0.2, 0) is 14.3 Å². The first-order valence-corrected chi connectivity index (χ1v) is 6.85. The van der Waals surface area contributed by atoms with Crippen molar-refractivity contribution in [3.8, 4) is 0 Å². The van der Waals surface area contributed by atoms with Crippen LogP contribution in [-0.4, -0.2) is 49.1 Å². The molecule has 1 saturated carbocycles. The standard InChI is InChI=1S/C13H22N2O3/c1-2-18-11-6-10(7-11)8-13(17)15-5-3-4-14-12(16)9-15/h10-11H,2-9H2,1H3,(H,14,16). The molecule has 1 aliphatic heterocycles. The van der Waals surface area contributed by atoms with E-state index in [9.17, 15) is 9.59 Å². The van der Waals surface area contributed by atoms with E-state index in [1.165, 1.54) is 0 Å². The third-order valence-electron chi connectivity index (χ3n) is 3.67. The monoisotopic (exact) mass is 254 g/mol. The highest BCUT2D eigenvalue weighted by Crippen LogP contribution is 2.33. The predicted molar refractivity (Wildman–Crippen MR) is 67.0 cm³/mol. The Hall–Kier alpha value is -1.10. The highest BCUT2D eigenvalue weighted by atomic mass is 16.5. The van der Waals surface area contributed by atoms with E-state index in [2.05, 4.69) is 5.32 Å². The van der Waals surface area contributed by atoms with Gasteiger partial charge in [0, 0.05) is 26.1 Å². The fourth-order valence-electron chi connectivity index (χ4n) is 2.61. The van der Waals surface area contributed by atoms with Crippen molar-refractivity contribution in [2.45, 2.75) is 38.7 Å². The zero-order valence-electron chi connectivity index (χ0n) is 11.0. The summed E-state index contributed by atoms with van der Waals surface area (Å²) in [7, 11) is 0. The Kier molecular flexibility index (Phi) is 4.58. The molecule has 2 rings (SSSR count). The van der Waals surface area contributed by atoms with Crippen LogP contribution in [0.25, 0.3) is 0 Å². The van der Waals surface area contributed by atoms with Crippen molar-refractivity contribution in [3.05, 3.63) is 0 Å². The van der Waals surface area contributed by atoms with Gasteiger partial charge >= 0.3 is 0 Å². The van der Waals surface area contributed by atoms with Crippen LogP contribution in [0.2, 0.25) is 0 Å². The quantitative estimate of drug-likeness (QED) is 0.796. The molecule has 0 aromatic heterocycles. The third-order valence-corrected chi connectivity index (χ3v) is 3.67. The van der Waals surface area contributed by atoms with Crippen LogP contribution >= 0.6 is 0 Å². The fraction of sp³-hybridized carbons (Fsp3) is 0.846. The van der Waals surface area contributed by atoms with Crippen molar-refractivity contribution in [1.29, 1.82) is 0 Å². The fourth-order valence-corrected chi connectivity index (χ4v) is 2.61. The van der Waals surface area contributed by atoms with Crippen molar-refractivity contribution in [2.75, 3.05) is 26.2 Å². The number of nitrogens with zero attached hydrogens (tertiary/aromatic N) is 1. The van der Waals surface area contributed by atoms with Gasteiger partial charge in [0.15, 0.2) is 0 Å². The molecule has 1 N–H and O–H groups in total. The topological polar surface area (TPSA) is 58.6 Å². The minimum Gasteiger partial charge on any atom is -0.378 e. The summed E-state index contributed by atoms with van der Waals surface area (Å²) in [5, 5.41) is 2.78. The van der Waals surface area contributed by atoms with E-state index in [4.69, 9.17) is 4.74 Å². The molecule has 0 spiro atoms. The number of hydrogen-bond acceptors (Lipinski definition) is 3. The molecular weight excluding hydrogens is 232 g/mol. The zero-order valence-corrected chi connectivity index (χ0v) is 11.0. The molecule has 0 aromatic rings. The van der Waals surface area contributed by atoms with Crippen LogP contribution in [0.4, 0.5) is 0 Å². The number of ether oxygens (including phenoxy) is 1. The zero-order chi connectivity index (χ0) is 13.0. The highest BCUT2D eigenvalue weighted by molar-refractivity contribution is 5.85. The largest absolute Gasteiger partial charge is 0.378 e. The van der Waals surface area contributed by atoms with Crippen molar-refractivity contribution >= 4 is 11.8 Å². The lowest BCUT2D eigenvalue weighted by Crippen LogP contribution is -2.40. The van der Waals surface area contributed by atoms with Crippen LogP contribution in [0.1, 0.15) is 32.6 Å². The van der Waals surface area contributed by atoms with E-state index < -0.39 is 0 Å².